The van der Waals surface area contributed by atoms with Crippen LogP contribution in [0.5, 0.6) is 0 Å². The number of anilines is 2. The number of hydrogen-bond donors (Lipinski definition) is 2. The van der Waals surface area contributed by atoms with E-state index in [1.54, 1.807) is 6.07 Å². The van der Waals surface area contributed by atoms with Crippen molar-refractivity contribution in [2.75, 3.05) is 5.32 Å². The standard InChI is InChI=1S/C23H20Cl2N4O2/c24-18-2-1-3-19(21(18)25)29-17-6-4-15(5-7-17)11-28-22(31)23(8-9-23)10-20(30)16-12-26-14-27-13-16/h1-7,12-14,29H,8-11H2,(H,28,31). The van der Waals surface area contributed by atoms with Crippen molar-refractivity contribution in [2.45, 2.75) is 25.8 Å². The molecule has 1 amide bonds. The van der Waals surface area contributed by atoms with Crippen molar-refractivity contribution < 1.29 is 9.59 Å². The highest BCUT2D eigenvalue weighted by Crippen LogP contribution is 2.49. The lowest BCUT2D eigenvalue weighted by molar-refractivity contribution is -0.126. The van der Waals surface area contributed by atoms with Gasteiger partial charge in [-0.1, -0.05) is 41.4 Å². The van der Waals surface area contributed by atoms with Crippen molar-refractivity contribution in [3.8, 4) is 0 Å². The van der Waals surface area contributed by atoms with Gasteiger partial charge in [-0.25, -0.2) is 9.97 Å². The predicted molar refractivity (Wildman–Crippen MR) is 121 cm³/mol. The molecule has 0 spiro atoms. The molecule has 1 fully saturated rings. The summed E-state index contributed by atoms with van der Waals surface area (Å²) in [6.45, 7) is 0.390. The highest BCUT2D eigenvalue weighted by molar-refractivity contribution is 6.43. The molecule has 0 atom stereocenters. The lowest BCUT2D eigenvalue weighted by Crippen LogP contribution is -2.33. The summed E-state index contributed by atoms with van der Waals surface area (Å²) in [5.41, 5.74) is 2.35. The van der Waals surface area contributed by atoms with Gasteiger partial charge in [0.1, 0.15) is 6.33 Å². The van der Waals surface area contributed by atoms with Crippen molar-refractivity contribution in [1.29, 1.82) is 0 Å². The highest BCUT2D eigenvalue weighted by Gasteiger charge is 2.50. The number of amides is 1. The Balaban J connectivity index is 1.32. The van der Waals surface area contributed by atoms with Crippen LogP contribution in [0.4, 0.5) is 11.4 Å². The van der Waals surface area contributed by atoms with Gasteiger partial charge in [-0.15, -0.1) is 0 Å². The fourth-order valence-electron chi connectivity index (χ4n) is 3.32. The first-order valence-electron chi connectivity index (χ1n) is 9.83. The van der Waals surface area contributed by atoms with E-state index < -0.39 is 5.41 Å². The topological polar surface area (TPSA) is 84.0 Å². The lowest BCUT2D eigenvalue weighted by atomic mass is 9.95. The molecule has 0 bridgehead atoms. The maximum atomic E-state index is 12.7. The van der Waals surface area contributed by atoms with Gasteiger partial charge in [0.2, 0.25) is 5.91 Å². The third-order valence-corrected chi connectivity index (χ3v) is 6.17. The molecule has 4 rings (SSSR count). The van der Waals surface area contributed by atoms with Gasteiger partial charge in [0, 0.05) is 31.0 Å². The smallest absolute Gasteiger partial charge is 0.226 e. The van der Waals surface area contributed by atoms with Gasteiger partial charge in [0.15, 0.2) is 5.78 Å². The number of hydrogen-bond acceptors (Lipinski definition) is 5. The Morgan fingerprint density at radius 2 is 1.71 bits per heavy atom. The van der Waals surface area contributed by atoms with Gasteiger partial charge in [0.25, 0.3) is 0 Å². The van der Waals surface area contributed by atoms with E-state index >= 15 is 0 Å². The molecule has 1 aliphatic rings. The minimum Gasteiger partial charge on any atom is -0.354 e. The molecule has 0 saturated heterocycles. The molecule has 1 aromatic heterocycles. The maximum Gasteiger partial charge on any atom is 0.226 e. The average molecular weight is 455 g/mol. The molecule has 6 nitrogen and oxygen atoms in total. The van der Waals surface area contributed by atoms with Gasteiger partial charge >= 0.3 is 0 Å². The van der Waals surface area contributed by atoms with Crippen LogP contribution in [-0.4, -0.2) is 21.7 Å². The van der Waals surface area contributed by atoms with Crippen LogP contribution in [0.25, 0.3) is 0 Å². The lowest BCUT2D eigenvalue weighted by Gasteiger charge is -2.15. The summed E-state index contributed by atoms with van der Waals surface area (Å²) in [5.74, 6) is -0.200. The van der Waals surface area contributed by atoms with Gasteiger partial charge in [-0.2, -0.15) is 0 Å². The molecule has 0 aliphatic heterocycles. The molecule has 158 valence electrons. The third-order valence-electron chi connectivity index (χ3n) is 5.35. The first-order chi connectivity index (χ1) is 15.0. The summed E-state index contributed by atoms with van der Waals surface area (Å²) in [7, 11) is 0. The van der Waals surface area contributed by atoms with E-state index in [-0.39, 0.29) is 18.1 Å². The van der Waals surface area contributed by atoms with Crippen molar-refractivity contribution in [3.63, 3.8) is 0 Å². The number of nitrogens with one attached hydrogen (secondary N) is 2. The van der Waals surface area contributed by atoms with Crippen LogP contribution in [-0.2, 0) is 11.3 Å². The highest BCUT2D eigenvalue weighted by atomic mass is 35.5. The molecule has 2 N–H and O–H groups in total. The van der Waals surface area contributed by atoms with Crippen LogP contribution >= 0.6 is 23.2 Å². The molecule has 1 saturated carbocycles. The quantitative estimate of drug-likeness (QED) is 0.457. The minimum atomic E-state index is -0.613. The van der Waals surface area contributed by atoms with Gasteiger partial charge < -0.3 is 10.6 Å². The second kappa shape index (κ2) is 9.04. The van der Waals surface area contributed by atoms with Gasteiger partial charge in [-0.3, -0.25) is 9.59 Å². The fraction of sp³-hybridized carbons (Fsp3) is 0.217. The molecule has 31 heavy (non-hydrogen) atoms. The first kappa shape index (κ1) is 21.3. The van der Waals surface area contributed by atoms with Crippen molar-refractivity contribution in [1.82, 2.24) is 15.3 Å². The number of rotatable bonds is 8. The Bertz CT molecular complexity index is 1100. The van der Waals surface area contributed by atoms with Gasteiger partial charge in [-0.05, 0) is 42.7 Å². The van der Waals surface area contributed by atoms with E-state index in [9.17, 15) is 9.59 Å². The Labute approximate surface area is 190 Å². The van der Waals surface area contributed by atoms with E-state index in [4.69, 9.17) is 23.2 Å². The number of halogens is 2. The molecule has 8 heteroatoms. The number of nitrogens with zero attached hydrogens (tertiary/aromatic N) is 2. The molecule has 3 aromatic rings. The zero-order chi connectivity index (χ0) is 21.8. The number of ketones is 1. The van der Waals surface area contributed by atoms with Crippen molar-refractivity contribution in [3.05, 3.63) is 82.4 Å². The van der Waals surface area contributed by atoms with E-state index in [2.05, 4.69) is 20.6 Å². The second-order valence-electron chi connectivity index (χ2n) is 7.61. The summed E-state index contributed by atoms with van der Waals surface area (Å²) in [4.78, 5) is 32.9. The van der Waals surface area contributed by atoms with Crippen molar-refractivity contribution in [2.24, 2.45) is 5.41 Å². The number of Topliss-reactive ketones (excluding diaryl/α,β-unsaturated/α-hetero) is 1. The average Bonchev–Trinajstić information content (AvgIpc) is 3.57. The summed E-state index contributed by atoms with van der Waals surface area (Å²) >= 11 is 12.3. The first-order valence-corrected chi connectivity index (χ1v) is 10.6. The second-order valence-corrected chi connectivity index (χ2v) is 8.40. The molecule has 2 aromatic carbocycles. The number of carbonyl (C=O) groups is 2. The maximum absolute atomic E-state index is 12.7. The summed E-state index contributed by atoms with van der Waals surface area (Å²) < 4.78 is 0. The van der Waals surface area contributed by atoms with Crippen LogP contribution in [0.15, 0.2) is 61.2 Å². The zero-order valence-corrected chi connectivity index (χ0v) is 18.1. The van der Waals surface area contributed by atoms with Gasteiger partial charge in [0.05, 0.1) is 26.7 Å². The number of aromatic nitrogens is 2. The summed E-state index contributed by atoms with van der Waals surface area (Å²) in [5, 5.41) is 7.14. The van der Waals surface area contributed by atoms with E-state index in [1.807, 2.05) is 36.4 Å². The van der Waals surface area contributed by atoms with Crippen LogP contribution in [0.2, 0.25) is 10.0 Å². The predicted octanol–water partition coefficient (Wildman–Crippen LogP) is 5.20. The molecular weight excluding hydrogens is 435 g/mol. The van der Waals surface area contributed by atoms with E-state index in [0.717, 1.165) is 16.9 Å². The molecule has 0 unspecified atom stereocenters. The summed E-state index contributed by atoms with van der Waals surface area (Å²) in [6.07, 6.45) is 5.93. The molecule has 0 radical (unpaired) electrons. The largest absolute Gasteiger partial charge is 0.354 e. The van der Waals surface area contributed by atoms with Crippen LogP contribution < -0.4 is 10.6 Å². The van der Waals surface area contributed by atoms with E-state index in [0.29, 0.717) is 35.0 Å². The number of benzene rings is 2. The normalized spacial score (nSPS) is 14.0. The van der Waals surface area contributed by atoms with Crippen molar-refractivity contribution >= 4 is 46.3 Å². The SMILES string of the molecule is O=C(CC1(C(=O)NCc2ccc(Nc3cccc(Cl)c3Cl)cc2)CC1)c1cncnc1. The Morgan fingerprint density at radius 1 is 1.00 bits per heavy atom. The third kappa shape index (κ3) is 5.03. The van der Waals surface area contributed by atoms with Crippen LogP contribution in [0.1, 0.15) is 35.2 Å². The molecule has 1 aliphatic carbocycles. The molecular formula is C23H20Cl2N4O2. The zero-order valence-electron chi connectivity index (χ0n) is 16.6. The summed E-state index contributed by atoms with van der Waals surface area (Å²) in [6, 6.07) is 13.1. The Morgan fingerprint density at radius 3 is 2.39 bits per heavy atom. The van der Waals surface area contributed by atoms with E-state index in [1.165, 1.54) is 18.7 Å². The van der Waals surface area contributed by atoms with Crippen LogP contribution in [0, 0.1) is 5.41 Å². The Hall–Kier alpha value is -2.96. The number of carbonyl (C=O) groups excluding carboxylic acids is 2. The Kier molecular flexibility index (Phi) is 6.20. The monoisotopic (exact) mass is 454 g/mol. The molecule has 1 heterocycles. The fourth-order valence-corrected chi connectivity index (χ4v) is 3.67. The minimum absolute atomic E-state index is 0.0920. The van der Waals surface area contributed by atoms with Crippen LogP contribution in [0.3, 0.4) is 0 Å².